The number of rotatable bonds is 3. The Labute approximate surface area is 151 Å². The number of pyridine rings is 1. The highest BCUT2D eigenvalue weighted by molar-refractivity contribution is 6.30. The molecule has 0 amide bonds. The van der Waals surface area contributed by atoms with Gasteiger partial charge in [-0.15, -0.1) is 0 Å². The van der Waals surface area contributed by atoms with Crippen LogP contribution in [0.3, 0.4) is 0 Å². The van der Waals surface area contributed by atoms with Crippen LogP contribution in [-0.4, -0.2) is 40.5 Å². The molecule has 1 aliphatic heterocycles. The summed E-state index contributed by atoms with van der Waals surface area (Å²) in [6.07, 6.45) is 1.61. The molecule has 0 bridgehead atoms. The van der Waals surface area contributed by atoms with Crippen LogP contribution < -0.4 is 10.5 Å². The zero-order valence-electron chi connectivity index (χ0n) is 13.8. The van der Waals surface area contributed by atoms with Crippen LogP contribution in [0.25, 0.3) is 5.65 Å². The van der Waals surface area contributed by atoms with Crippen molar-refractivity contribution in [2.24, 2.45) is 0 Å². The van der Waals surface area contributed by atoms with E-state index >= 15 is 0 Å². The van der Waals surface area contributed by atoms with Gasteiger partial charge in [0.1, 0.15) is 5.65 Å². The van der Waals surface area contributed by atoms with Crippen molar-refractivity contribution in [3.63, 3.8) is 0 Å². The average molecular weight is 355 g/mol. The third-order valence-electron chi connectivity index (χ3n) is 4.56. The molecule has 5 nitrogen and oxygen atoms in total. The van der Waals surface area contributed by atoms with Crippen LogP contribution in [-0.2, 0) is 6.54 Å². The third kappa shape index (κ3) is 3.52. The molecule has 0 aliphatic carbocycles. The number of hydrogen-bond donors (Lipinski definition) is 0. The molecule has 0 N–H and O–H groups in total. The van der Waals surface area contributed by atoms with Crippen LogP contribution in [0, 0.1) is 0 Å². The number of halogens is 1. The first-order valence-corrected chi connectivity index (χ1v) is 8.77. The molecule has 1 saturated heterocycles. The maximum atomic E-state index is 12.3. The Balaban J connectivity index is 1.46. The van der Waals surface area contributed by atoms with Gasteiger partial charge in [-0.1, -0.05) is 29.8 Å². The maximum Gasteiger partial charge on any atom is 0.258 e. The van der Waals surface area contributed by atoms with Crippen molar-refractivity contribution in [1.82, 2.24) is 14.3 Å². The van der Waals surface area contributed by atoms with Crippen LogP contribution in [0.2, 0.25) is 5.02 Å². The number of aromatic nitrogens is 2. The minimum absolute atomic E-state index is 0.0922. The molecular weight excluding hydrogens is 336 g/mol. The summed E-state index contributed by atoms with van der Waals surface area (Å²) in [5.74, 6) is 0. The molecule has 1 aliphatic rings. The van der Waals surface area contributed by atoms with Gasteiger partial charge in [-0.25, -0.2) is 4.98 Å². The Hall–Kier alpha value is -2.37. The first-order valence-electron chi connectivity index (χ1n) is 8.39. The lowest BCUT2D eigenvalue weighted by Crippen LogP contribution is -2.46. The number of nitrogens with zero attached hydrogens (tertiary/aromatic N) is 4. The molecular formula is C19H19ClN4O. The van der Waals surface area contributed by atoms with E-state index in [-0.39, 0.29) is 5.56 Å². The standard InChI is InChI=1S/C19H19ClN4O/c20-15-6-7-18-21-16(12-19(25)24(18)13-15)14-22-8-10-23(11-9-22)17-4-2-1-3-5-17/h1-7,12-13H,8-11,14H2. The SMILES string of the molecule is O=c1cc(CN2CCN(c3ccccc3)CC2)nc2ccc(Cl)cn12. The van der Waals surface area contributed by atoms with Crippen molar-refractivity contribution in [3.8, 4) is 0 Å². The van der Waals surface area contributed by atoms with E-state index in [9.17, 15) is 4.79 Å². The maximum absolute atomic E-state index is 12.3. The van der Waals surface area contributed by atoms with Gasteiger partial charge in [0.2, 0.25) is 0 Å². The highest BCUT2D eigenvalue weighted by Crippen LogP contribution is 2.16. The minimum Gasteiger partial charge on any atom is -0.369 e. The first kappa shape index (κ1) is 16.1. The first-order chi connectivity index (χ1) is 12.2. The van der Waals surface area contributed by atoms with Crippen molar-refractivity contribution >= 4 is 22.9 Å². The van der Waals surface area contributed by atoms with Gasteiger partial charge in [-0.05, 0) is 24.3 Å². The molecule has 2 aromatic heterocycles. The van der Waals surface area contributed by atoms with Crippen LogP contribution >= 0.6 is 11.6 Å². The fourth-order valence-corrected chi connectivity index (χ4v) is 3.40. The van der Waals surface area contributed by atoms with Crippen LogP contribution in [0.5, 0.6) is 0 Å². The number of anilines is 1. The van der Waals surface area contributed by atoms with Crippen molar-refractivity contribution in [2.45, 2.75) is 6.54 Å². The molecule has 25 heavy (non-hydrogen) atoms. The second-order valence-electron chi connectivity index (χ2n) is 6.26. The molecule has 0 radical (unpaired) electrons. The fraction of sp³-hybridized carbons (Fsp3) is 0.263. The number of hydrogen-bond acceptors (Lipinski definition) is 4. The molecule has 128 valence electrons. The molecule has 3 heterocycles. The summed E-state index contributed by atoms with van der Waals surface area (Å²) in [5.41, 5.74) is 2.61. The lowest BCUT2D eigenvalue weighted by molar-refractivity contribution is 0.247. The summed E-state index contributed by atoms with van der Waals surface area (Å²) in [6, 6.07) is 15.6. The summed E-state index contributed by atoms with van der Waals surface area (Å²) in [5, 5.41) is 0.529. The molecule has 0 spiro atoms. The van der Waals surface area contributed by atoms with E-state index in [1.54, 1.807) is 24.4 Å². The van der Waals surface area contributed by atoms with Gasteiger partial charge in [0.05, 0.1) is 10.7 Å². The minimum atomic E-state index is -0.0922. The molecule has 0 atom stereocenters. The number of piperazine rings is 1. The van der Waals surface area contributed by atoms with Crippen LogP contribution in [0.15, 0.2) is 59.5 Å². The van der Waals surface area contributed by atoms with Crippen LogP contribution in [0.4, 0.5) is 5.69 Å². The van der Waals surface area contributed by atoms with Gasteiger partial charge in [0.25, 0.3) is 5.56 Å². The van der Waals surface area contributed by atoms with Gasteiger partial charge in [0, 0.05) is 50.7 Å². The Morgan fingerprint density at radius 3 is 2.52 bits per heavy atom. The lowest BCUT2D eigenvalue weighted by Gasteiger charge is -2.35. The highest BCUT2D eigenvalue weighted by Gasteiger charge is 2.18. The molecule has 1 fully saturated rings. The van der Waals surface area contributed by atoms with Crippen molar-refractivity contribution in [2.75, 3.05) is 31.1 Å². The van der Waals surface area contributed by atoms with E-state index in [0.29, 0.717) is 17.2 Å². The Bertz CT molecular complexity index is 933. The summed E-state index contributed by atoms with van der Waals surface area (Å²) in [4.78, 5) is 21.6. The molecule has 1 aromatic carbocycles. The van der Waals surface area contributed by atoms with E-state index < -0.39 is 0 Å². The topological polar surface area (TPSA) is 40.9 Å². The Morgan fingerprint density at radius 2 is 1.76 bits per heavy atom. The van der Waals surface area contributed by atoms with Gasteiger partial charge in [-0.2, -0.15) is 0 Å². The summed E-state index contributed by atoms with van der Waals surface area (Å²) in [6.45, 7) is 4.56. The summed E-state index contributed by atoms with van der Waals surface area (Å²) >= 11 is 5.95. The van der Waals surface area contributed by atoms with Gasteiger partial charge in [0.15, 0.2) is 0 Å². The molecule has 3 aromatic rings. The second-order valence-corrected chi connectivity index (χ2v) is 6.70. The van der Waals surface area contributed by atoms with Crippen molar-refractivity contribution in [3.05, 3.63) is 75.8 Å². The zero-order valence-corrected chi connectivity index (χ0v) is 14.6. The molecule has 4 rings (SSSR count). The number of benzene rings is 1. The van der Waals surface area contributed by atoms with E-state index in [0.717, 1.165) is 31.9 Å². The van der Waals surface area contributed by atoms with Gasteiger partial charge < -0.3 is 4.90 Å². The van der Waals surface area contributed by atoms with E-state index in [1.165, 1.54) is 10.1 Å². The van der Waals surface area contributed by atoms with E-state index in [4.69, 9.17) is 11.6 Å². The molecule has 0 saturated carbocycles. The Kier molecular flexibility index (Phi) is 4.42. The predicted molar refractivity (Wildman–Crippen MR) is 100 cm³/mol. The Morgan fingerprint density at radius 1 is 1.00 bits per heavy atom. The monoisotopic (exact) mass is 354 g/mol. The molecule has 0 unspecified atom stereocenters. The lowest BCUT2D eigenvalue weighted by atomic mass is 10.2. The highest BCUT2D eigenvalue weighted by atomic mass is 35.5. The third-order valence-corrected chi connectivity index (χ3v) is 4.78. The van der Waals surface area contributed by atoms with Crippen LogP contribution in [0.1, 0.15) is 5.69 Å². The second kappa shape index (κ2) is 6.86. The summed E-state index contributed by atoms with van der Waals surface area (Å²) in [7, 11) is 0. The van der Waals surface area contributed by atoms with Gasteiger partial charge >= 0.3 is 0 Å². The fourth-order valence-electron chi connectivity index (χ4n) is 3.24. The normalized spacial score (nSPS) is 15.6. The number of fused-ring (bicyclic) bond motifs is 1. The van der Waals surface area contributed by atoms with E-state index in [1.807, 2.05) is 6.07 Å². The molecule has 6 heteroatoms. The smallest absolute Gasteiger partial charge is 0.258 e. The van der Waals surface area contributed by atoms with Gasteiger partial charge in [-0.3, -0.25) is 14.1 Å². The average Bonchev–Trinajstić information content (AvgIpc) is 2.64. The van der Waals surface area contributed by atoms with Crippen molar-refractivity contribution < 1.29 is 0 Å². The van der Waals surface area contributed by atoms with E-state index in [2.05, 4.69) is 39.0 Å². The predicted octanol–water partition coefficient (Wildman–Crippen LogP) is 2.67. The quantitative estimate of drug-likeness (QED) is 0.725. The summed E-state index contributed by atoms with van der Waals surface area (Å²) < 4.78 is 1.49. The van der Waals surface area contributed by atoms with Crippen molar-refractivity contribution in [1.29, 1.82) is 0 Å². The largest absolute Gasteiger partial charge is 0.369 e. The number of para-hydroxylation sites is 1. The zero-order chi connectivity index (χ0) is 17.2.